The largest absolute Gasteiger partial charge is 0.497 e. The molecule has 3 heterocycles. The van der Waals surface area contributed by atoms with Gasteiger partial charge in [-0.25, -0.2) is 14.1 Å². The van der Waals surface area contributed by atoms with E-state index in [1.807, 2.05) is 48.5 Å². The van der Waals surface area contributed by atoms with Crippen molar-refractivity contribution >= 4 is 22.8 Å². The first-order valence-corrected chi connectivity index (χ1v) is 11.6. The molecule has 1 aliphatic heterocycles. The molecule has 6 rings (SSSR count). The van der Waals surface area contributed by atoms with Crippen LogP contribution in [0.25, 0.3) is 22.3 Å². The van der Waals surface area contributed by atoms with Crippen molar-refractivity contribution in [2.24, 2.45) is 0 Å². The monoisotopic (exact) mass is 498 g/mol. The minimum Gasteiger partial charge on any atom is -0.497 e. The number of hydrogen-bond donors (Lipinski definition) is 2. The van der Waals surface area contributed by atoms with E-state index in [1.165, 1.54) is 13.2 Å². The maximum absolute atomic E-state index is 15.2. The number of hydrogen-bond acceptors (Lipinski definition) is 8. The quantitative estimate of drug-likeness (QED) is 0.335. The summed E-state index contributed by atoms with van der Waals surface area (Å²) < 4.78 is 32.9. The van der Waals surface area contributed by atoms with Crippen molar-refractivity contribution < 1.29 is 18.6 Å². The topological polar surface area (TPSA) is 109 Å². The van der Waals surface area contributed by atoms with Crippen LogP contribution in [0.15, 0.2) is 66.7 Å². The predicted molar refractivity (Wildman–Crippen MR) is 137 cm³/mol. The molecule has 1 aliphatic rings. The Labute approximate surface area is 211 Å². The predicted octanol–water partition coefficient (Wildman–Crippen LogP) is 4.61. The van der Waals surface area contributed by atoms with Gasteiger partial charge in [-0.3, -0.25) is 0 Å². The summed E-state index contributed by atoms with van der Waals surface area (Å²) in [5.41, 5.74) is 9.47. The van der Waals surface area contributed by atoms with Crippen LogP contribution < -0.4 is 25.3 Å². The summed E-state index contributed by atoms with van der Waals surface area (Å²) in [5, 5.41) is 8.34. The molecule has 186 valence electrons. The van der Waals surface area contributed by atoms with Gasteiger partial charge < -0.3 is 25.3 Å². The highest BCUT2D eigenvalue weighted by atomic mass is 19.1. The standard InChI is InChI=1S/C27H23FN6O3/c1-35-18-8-9-19(20(28)12-18)24-23-25(29)34(14-16-5-3-2-4-6-16)33-26(23)32-27(31-24)30-13-17-7-10-21-22(11-17)37-15-36-21/h2-12H,13-15,29H2,1H3,(H,30,32,33). The fourth-order valence-corrected chi connectivity index (χ4v) is 4.25. The van der Waals surface area contributed by atoms with Gasteiger partial charge in [-0.15, -0.1) is 5.10 Å². The van der Waals surface area contributed by atoms with Gasteiger partial charge in [-0.2, -0.15) is 4.98 Å². The molecule has 0 atom stereocenters. The number of nitrogens with one attached hydrogen (secondary N) is 1. The third-order valence-electron chi connectivity index (χ3n) is 6.13. The second kappa shape index (κ2) is 9.30. The number of halogens is 1. The number of methoxy groups -OCH3 is 1. The van der Waals surface area contributed by atoms with Gasteiger partial charge in [0.25, 0.3) is 0 Å². The van der Waals surface area contributed by atoms with E-state index in [4.69, 9.17) is 19.9 Å². The van der Waals surface area contributed by atoms with Crippen LogP contribution in [0.4, 0.5) is 16.2 Å². The minimum absolute atomic E-state index is 0.204. The number of ether oxygens (including phenoxy) is 3. The van der Waals surface area contributed by atoms with Crippen molar-refractivity contribution in [3.8, 4) is 28.5 Å². The molecule has 0 radical (unpaired) electrons. The molecule has 3 N–H and O–H groups in total. The Morgan fingerprint density at radius 3 is 2.65 bits per heavy atom. The zero-order valence-electron chi connectivity index (χ0n) is 19.9. The molecule has 37 heavy (non-hydrogen) atoms. The molecule has 10 heteroatoms. The number of benzene rings is 3. The number of aromatic nitrogens is 4. The fraction of sp³-hybridized carbons (Fsp3) is 0.148. The van der Waals surface area contributed by atoms with Gasteiger partial charge in [-0.05, 0) is 35.4 Å². The maximum atomic E-state index is 15.2. The highest BCUT2D eigenvalue weighted by Crippen LogP contribution is 2.35. The summed E-state index contributed by atoms with van der Waals surface area (Å²) >= 11 is 0. The van der Waals surface area contributed by atoms with E-state index in [9.17, 15) is 0 Å². The van der Waals surface area contributed by atoms with Crippen LogP contribution in [0, 0.1) is 5.82 Å². The van der Waals surface area contributed by atoms with Crippen molar-refractivity contribution in [1.29, 1.82) is 0 Å². The van der Waals surface area contributed by atoms with Crippen LogP contribution in [0.2, 0.25) is 0 Å². The molecule has 2 aromatic heterocycles. The molecule has 0 saturated heterocycles. The Morgan fingerprint density at radius 2 is 1.84 bits per heavy atom. The number of fused-ring (bicyclic) bond motifs is 2. The van der Waals surface area contributed by atoms with Gasteiger partial charge in [0.2, 0.25) is 12.7 Å². The molecule has 0 aliphatic carbocycles. The SMILES string of the molecule is COc1ccc(-c2nc(NCc3ccc4c(c3)OCO4)nc3nn(Cc4ccccc4)c(N)c23)c(F)c1. The lowest BCUT2D eigenvalue weighted by Gasteiger charge is -2.10. The summed E-state index contributed by atoms with van der Waals surface area (Å²) in [6.07, 6.45) is 0. The first-order valence-electron chi connectivity index (χ1n) is 11.6. The molecule has 0 unspecified atom stereocenters. The first kappa shape index (κ1) is 22.6. The van der Waals surface area contributed by atoms with Gasteiger partial charge >= 0.3 is 0 Å². The number of nitrogen functional groups attached to an aromatic ring is 1. The fourth-order valence-electron chi connectivity index (χ4n) is 4.25. The molecular weight excluding hydrogens is 475 g/mol. The zero-order chi connectivity index (χ0) is 25.4. The summed E-state index contributed by atoms with van der Waals surface area (Å²) in [6.45, 7) is 1.05. The number of anilines is 2. The second-order valence-electron chi connectivity index (χ2n) is 8.51. The van der Waals surface area contributed by atoms with Crippen molar-refractivity contribution in [1.82, 2.24) is 19.7 Å². The molecule has 0 spiro atoms. The molecule has 3 aromatic carbocycles. The Kier molecular flexibility index (Phi) is 5.68. The number of nitrogens with zero attached hydrogens (tertiary/aromatic N) is 4. The average molecular weight is 499 g/mol. The second-order valence-corrected chi connectivity index (χ2v) is 8.51. The minimum atomic E-state index is -0.490. The Balaban J connectivity index is 1.41. The molecule has 0 saturated carbocycles. The van der Waals surface area contributed by atoms with Gasteiger partial charge in [0.15, 0.2) is 17.1 Å². The van der Waals surface area contributed by atoms with Crippen LogP contribution >= 0.6 is 0 Å². The Hall–Kier alpha value is -4.86. The highest BCUT2D eigenvalue weighted by molar-refractivity contribution is 5.99. The smallest absolute Gasteiger partial charge is 0.231 e. The Bertz CT molecular complexity index is 1610. The van der Waals surface area contributed by atoms with E-state index < -0.39 is 5.82 Å². The first-order chi connectivity index (χ1) is 18.1. The van der Waals surface area contributed by atoms with Crippen LogP contribution in [0.3, 0.4) is 0 Å². The lowest BCUT2D eigenvalue weighted by Crippen LogP contribution is -2.06. The van der Waals surface area contributed by atoms with Gasteiger partial charge in [-0.1, -0.05) is 36.4 Å². The molecular formula is C27H23FN6O3. The zero-order valence-corrected chi connectivity index (χ0v) is 19.9. The van der Waals surface area contributed by atoms with Crippen LogP contribution in [0.1, 0.15) is 11.1 Å². The summed E-state index contributed by atoms with van der Waals surface area (Å²) in [4.78, 5) is 9.26. The molecule has 9 nitrogen and oxygen atoms in total. The van der Waals surface area contributed by atoms with Crippen molar-refractivity contribution in [2.75, 3.05) is 25.0 Å². The lowest BCUT2D eigenvalue weighted by molar-refractivity contribution is 0.174. The van der Waals surface area contributed by atoms with E-state index >= 15 is 4.39 Å². The average Bonchev–Trinajstić information content (AvgIpc) is 3.51. The normalized spacial score (nSPS) is 12.2. The maximum Gasteiger partial charge on any atom is 0.231 e. The van der Waals surface area contributed by atoms with E-state index in [-0.39, 0.29) is 12.4 Å². The van der Waals surface area contributed by atoms with E-state index in [0.29, 0.717) is 58.8 Å². The molecule has 0 bridgehead atoms. The van der Waals surface area contributed by atoms with Crippen molar-refractivity contribution in [3.63, 3.8) is 0 Å². The van der Waals surface area contributed by atoms with Crippen LogP contribution in [-0.2, 0) is 13.1 Å². The molecule has 0 amide bonds. The Morgan fingerprint density at radius 1 is 1.00 bits per heavy atom. The number of nitrogens with two attached hydrogens (primary N) is 1. The van der Waals surface area contributed by atoms with Crippen molar-refractivity contribution in [3.05, 3.63) is 83.7 Å². The summed E-state index contributed by atoms with van der Waals surface area (Å²) in [6, 6.07) is 20.1. The number of rotatable bonds is 7. The van der Waals surface area contributed by atoms with E-state index in [2.05, 4.69) is 20.4 Å². The summed E-state index contributed by atoms with van der Waals surface area (Å²) in [7, 11) is 1.49. The van der Waals surface area contributed by atoms with Crippen LogP contribution in [-0.4, -0.2) is 33.7 Å². The lowest BCUT2D eigenvalue weighted by atomic mass is 10.1. The molecule has 0 fully saturated rings. The third kappa shape index (κ3) is 4.33. The third-order valence-corrected chi connectivity index (χ3v) is 6.13. The van der Waals surface area contributed by atoms with Gasteiger partial charge in [0, 0.05) is 18.2 Å². The summed E-state index contributed by atoms with van der Waals surface area (Å²) in [5.74, 6) is 1.95. The van der Waals surface area contributed by atoms with E-state index in [0.717, 1.165) is 11.1 Å². The van der Waals surface area contributed by atoms with Gasteiger partial charge in [0.1, 0.15) is 17.4 Å². The van der Waals surface area contributed by atoms with Crippen molar-refractivity contribution in [2.45, 2.75) is 13.1 Å². The molecule has 5 aromatic rings. The van der Waals surface area contributed by atoms with Crippen LogP contribution in [0.5, 0.6) is 17.2 Å². The van der Waals surface area contributed by atoms with E-state index in [1.54, 1.807) is 16.8 Å². The highest BCUT2D eigenvalue weighted by Gasteiger charge is 2.21. The van der Waals surface area contributed by atoms with Gasteiger partial charge in [0.05, 0.1) is 24.7 Å².